The second kappa shape index (κ2) is 10.9. The van der Waals surface area contributed by atoms with E-state index in [1.54, 1.807) is 13.0 Å². The molecule has 0 aliphatic carbocycles. The molecule has 0 aliphatic rings. The first-order valence-electron chi connectivity index (χ1n) is 11.8. The van der Waals surface area contributed by atoms with E-state index in [0.29, 0.717) is 5.56 Å². The van der Waals surface area contributed by atoms with Crippen molar-refractivity contribution < 1.29 is 26.4 Å². The number of sulfonamides is 1. The van der Waals surface area contributed by atoms with Gasteiger partial charge in [-0.05, 0) is 61.3 Å². The summed E-state index contributed by atoms with van der Waals surface area (Å²) in [7, 11) is -5.75. The number of methoxy groups -OCH3 is 1. The molecule has 3 aromatic rings. The van der Waals surface area contributed by atoms with Gasteiger partial charge in [-0.2, -0.15) is 4.72 Å². The van der Waals surface area contributed by atoms with Gasteiger partial charge in [-0.15, -0.1) is 5.10 Å². The largest absolute Gasteiger partial charge is 0.495 e. The number of aromatic amines is 1. The molecule has 2 aromatic carbocycles. The van der Waals surface area contributed by atoms with Gasteiger partial charge in [-0.1, -0.05) is 38.4 Å². The van der Waals surface area contributed by atoms with E-state index >= 15 is 4.39 Å². The standard InChI is InChI=1S/C25H33ClFN3O6SSi/c1-14-9-11-17(27)20(15(14)2)22(36-38(7,8)25(3,4)5)21(23-28-29-24(31)35-23)30-37(32,33)19-12-10-16(26)13-18(19)34-6/h9-13,21-22,30H,1-8H3,(H,29,31). The van der Waals surface area contributed by atoms with Crippen molar-refractivity contribution in [3.05, 3.63) is 74.3 Å². The normalized spacial score (nSPS) is 14.4. The predicted molar refractivity (Wildman–Crippen MR) is 145 cm³/mol. The number of ether oxygens (including phenoxy) is 1. The van der Waals surface area contributed by atoms with Gasteiger partial charge in [0.15, 0.2) is 8.32 Å². The molecule has 1 aromatic heterocycles. The smallest absolute Gasteiger partial charge is 0.434 e. The number of rotatable bonds is 9. The molecule has 0 bridgehead atoms. The molecule has 0 aliphatic heterocycles. The maximum atomic E-state index is 15.6. The van der Waals surface area contributed by atoms with Crippen LogP contribution in [0.4, 0.5) is 4.39 Å². The van der Waals surface area contributed by atoms with Gasteiger partial charge >= 0.3 is 5.76 Å². The fraction of sp³-hybridized carbons (Fsp3) is 0.440. The summed E-state index contributed by atoms with van der Waals surface area (Å²) in [6.45, 7) is 13.5. The molecule has 13 heteroatoms. The van der Waals surface area contributed by atoms with Crippen LogP contribution in [-0.2, 0) is 14.4 Å². The van der Waals surface area contributed by atoms with Crippen molar-refractivity contribution >= 4 is 29.9 Å². The van der Waals surface area contributed by atoms with E-state index in [-0.39, 0.29) is 32.2 Å². The Kier molecular flexibility index (Phi) is 8.64. The van der Waals surface area contributed by atoms with Crippen LogP contribution in [0.3, 0.4) is 0 Å². The lowest BCUT2D eigenvalue weighted by Crippen LogP contribution is -2.45. The van der Waals surface area contributed by atoms with E-state index in [1.807, 2.05) is 40.8 Å². The van der Waals surface area contributed by atoms with Crippen molar-refractivity contribution in [3.63, 3.8) is 0 Å². The van der Waals surface area contributed by atoms with Gasteiger partial charge in [0.25, 0.3) is 0 Å². The zero-order chi connectivity index (χ0) is 28.6. The molecule has 0 saturated heterocycles. The van der Waals surface area contributed by atoms with Crippen LogP contribution < -0.4 is 15.2 Å². The molecular weight excluding hydrogens is 553 g/mol. The Morgan fingerprint density at radius 1 is 1.18 bits per heavy atom. The molecule has 208 valence electrons. The Bertz CT molecular complexity index is 1480. The van der Waals surface area contributed by atoms with Gasteiger partial charge in [0, 0.05) is 16.7 Å². The summed E-state index contributed by atoms with van der Waals surface area (Å²) in [6, 6.07) is 5.54. The highest BCUT2D eigenvalue weighted by atomic mass is 35.5. The second-order valence-electron chi connectivity index (χ2n) is 10.5. The van der Waals surface area contributed by atoms with Crippen molar-refractivity contribution in [1.29, 1.82) is 0 Å². The Morgan fingerprint density at radius 3 is 2.39 bits per heavy atom. The minimum absolute atomic E-state index is 0.00740. The molecule has 0 amide bonds. The molecule has 2 unspecified atom stereocenters. The van der Waals surface area contributed by atoms with E-state index in [2.05, 4.69) is 14.9 Å². The Labute approximate surface area is 227 Å². The van der Waals surface area contributed by atoms with Crippen LogP contribution in [0.2, 0.25) is 23.2 Å². The molecule has 3 rings (SSSR count). The van der Waals surface area contributed by atoms with E-state index in [1.165, 1.54) is 31.4 Å². The molecule has 2 N–H and O–H groups in total. The monoisotopic (exact) mass is 585 g/mol. The fourth-order valence-electron chi connectivity index (χ4n) is 3.65. The van der Waals surface area contributed by atoms with E-state index in [9.17, 15) is 13.2 Å². The highest BCUT2D eigenvalue weighted by Crippen LogP contribution is 2.45. The van der Waals surface area contributed by atoms with Crippen LogP contribution in [0.15, 0.2) is 44.4 Å². The third kappa shape index (κ3) is 6.20. The Balaban J connectivity index is 2.29. The van der Waals surface area contributed by atoms with Gasteiger partial charge < -0.3 is 13.6 Å². The maximum absolute atomic E-state index is 15.6. The second-order valence-corrected chi connectivity index (χ2v) is 17.4. The highest BCUT2D eigenvalue weighted by molar-refractivity contribution is 7.89. The number of nitrogens with zero attached hydrogens (tertiary/aromatic N) is 1. The molecule has 38 heavy (non-hydrogen) atoms. The topological polar surface area (TPSA) is 124 Å². The predicted octanol–water partition coefficient (Wildman–Crippen LogP) is 5.56. The molecule has 0 radical (unpaired) electrons. The van der Waals surface area contributed by atoms with Crippen LogP contribution in [0.5, 0.6) is 5.75 Å². The summed E-state index contributed by atoms with van der Waals surface area (Å²) in [5.41, 5.74) is 1.48. The highest BCUT2D eigenvalue weighted by Gasteiger charge is 2.45. The first-order chi connectivity index (χ1) is 17.5. The summed E-state index contributed by atoms with van der Waals surface area (Å²) in [5, 5.41) is 6.00. The van der Waals surface area contributed by atoms with Crippen molar-refractivity contribution in [2.75, 3.05) is 7.11 Å². The summed E-state index contributed by atoms with van der Waals surface area (Å²) in [5.74, 6) is -1.81. The maximum Gasteiger partial charge on any atom is 0.434 e. The van der Waals surface area contributed by atoms with Gasteiger partial charge in [-0.3, -0.25) is 0 Å². The SMILES string of the molecule is COc1cc(Cl)ccc1S(=O)(=O)NC(c1n[nH]c(=O)o1)C(O[Si](C)(C)C(C)(C)C)c1c(F)ccc(C)c1C. The summed E-state index contributed by atoms with van der Waals surface area (Å²) >= 11 is 6.03. The molecule has 2 atom stereocenters. The molecule has 0 saturated carbocycles. The zero-order valence-corrected chi connectivity index (χ0v) is 25.2. The van der Waals surface area contributed by atoms with E-state index in [4.69, 9.17) is 25.2 Å². The summed E-state index contributed by atoms with van der Waals surface area (Å²) in [6.07, 6.45) is -1.24. The van der Waals surface area contributed by atoms with E-state index in [0.717, 1.165) is 5.56 Å². The summed E-state index contributed by atoms with van der Waals surface area (Å²) < 4.78 is 62.7. The molecule has 0 fully saturated rings. The number of H-pyrrole nitrogens is 1. The number of benzene rings is 2. The zero-order valence-electron chi connectivity index (χ0n) is 22.6. The number of hydrogen-bond acceptors (Lipinski definition) is 7. The minimum atomic E-state index is -4.37. The van der Waals surface area contributed by atoms with Crippen molar-refractivity contribution in [1.82, 2.24) is 14.9 Å². The average molecular weight is 586 g/mol. The number of aryl methyl sites for hydroxylation is 1. The first kappa shape index (κ1) is 30.0. The quantitative estimate of drug-likeness (QED) is 0.315. The van der Waals surface area contributed by atoms with Crippen LogP contribution in [-0.4, -0.2) is 34.0 Å². The lowest BCUT2D eigenvalue weighted by atomic mass is 9.94. The Morgan fingerprint density at radius 2 is 1.84 bits per heavy atom. The summed E-state index contributed by atoms with van der Waals surface area (Å²) in [4.78, 5) is 11.7. The lowest BCUT2D eigenvalue weighted by Gasteiger charge is -2.41. The van der Waals surface area contributed by atoms with Crippen molar-refractivity contribution in [2.45, 2.75) is 69.8 Å². The first-order valence-corrected chi connectivity index (χ1v) is 16.6. The van der Waals surface area contributed by atoms with Gasteiger partial charge in [0.1, 0.15) is 22.5 Å². The van der Waals surface area contributed by atoms with Crippen LogP contribution in [0.1, 0.15) is 55.5 Å². The average Bonchev–Trinajstić information content (AvgIpc) is 3.24. The van der Waals surface area contributed by atoms with Crippen LogP contribution >= 0.6 is 11.6 Å². The van der Waals surface area contributed by atoms with Gasteiger partial charge in [-0.25, -0.2) is 22.7 Å². The third-order valence-electron chi connectivity index (χ3n) is 6.97. The number of nitrogens with one attached hydrogen (secondary N) is 2. The molecule has 0 spiro atoms. The van der Waals surface area contributed by atoms with E-state index < -0.39 is 42.1 Å². The van der Waals surface area contributed by atoms with Crippen LogP contribution in [0, 0.1) is 19.7 Å². The number of hydrogen-bond donors (Lipinski definition) is 2. The number of halogens is 2. The third-order valence-corrected chi connectivity index (χ3v) is 13.1. The fourth-order valence-corrected chi connectivity index (χ4v) is 6.40. The van der Waals surface area contributed by atoms with Gasteiger partial charge in [0.2, 0.25) is 15.9 Å². The molecule has 9 nitrogen and oxygen atoms in total. The lowest BCUT2D eigenvalue weighted by molar-refractivity contribution is 0.128. The van der Waals surface area contributed by atoms with Crippen molar-refractivity contribution in [2.24, 2.45) is 0 Å². The minimum Gasteiger partial charge on any atom is -0.495 e. The Hall–Kier alpha value is -2.51. The van der Waals surface area contributed by atoms with Gasteiger partial charge in [0.05, 0.1) is 13.2 Å². The number of aromatic nitrogens is 2. The molecular formula is C25H33ClFN3O6SSi. The van der Waals surface area contributed by atoms with Crippen LogP contribution in [0.25, 0.3) is 0 Å². The molecule has 1 heterocycles. The van der Waals surface area contributed by atoms with Crippen molar-refractivity contribution in [3.8, 4) is 5.75 Å².